The molecule has 0 radical (unpaired) electrons. The van der Waals surface area contributed by atoms with Crippen LogP contribution in [0.5, 0.6) is 0 Å². The molecule has 3 rings (SSSR count). The van der Waals surface area contributed by atoms with Gasteiger partial charge in [0.25, 0.3) is 0 Å². The first-order valence-electron chi connectivity index (χ1n) is 6.78. The molecule has 2 atom stereocenters. The molecule has 106 valence electrons. The molecule has 5 heteroatoms. The molecule has 2 saturated heterocycles. The topological polar surface area (TPSA) is 49.4 Å². The summed E-state index contributed by atoms with van der Waals surface area (Å²) in [6.45, 7) is 1.70. The maximum atomic E-state index is 12.4. The number of nitrogens with zero attached hydrogens (tertiary/aromatic N) is 1. The molecule has 1 aromatic carbocycles. The van der Waals surface area contributed by atoms with Crippen molar-refractivity contribution < 1.29 is 9.59 Å². The van der Waals surface area contributed by atoms with Gasteiger partial charge in [0.1, 0.15) is 0 Å². The summed E-state index contributed by atoms with van der Waals surface area (Å²) in [6, 6.07) is 7.38. The van der Waals surface area contributed by atoms with E-state index in [0.29, 0.717) is 11.4 Å². The molecular weight excluding hydrogens is 276 g/mol. The lowest BCUT2D eigenvalue weighted by atomic mass is 9.66. The van der Waals surface area contributed by atoms with E-state index < -0.39 is 0 Å². The third-order valence-electron chi connectivity index (χ3n) is 4.43. The molecule has 2 amide bonds. The quantitative estimate of drug-likeness (QED) is 0.803. The Balaban J connectivity index is 2.02. The predicted molar refractivity (Wildman–Crippen MR) is 76.5 cm³/mol. The molecule has 1 spiro atoms. The second-order valence-corrected chi connectivity index (χ2v) is 6.36. The highest BCUT2D eigenvalue weighted by Gasteiger charge is 2.51. The summed E-state index contributed by atoms with van der Waals surface area (Å²) < 4.78 is 0. The van der Waals surface area contributed by atoms with E-state index in [1.807, 2.05) is 19.2 Å². The fourth-order valence-corrected chi connectivity index (χ4v) is 3.73. The first kappa shape index (κ1) is 13.6. The zero-order chi connectivity index (χ0) is 14.3. The lowest BCUT2D eigenvalue weighted by Gasteiger charge is -2.39. The van der Waals surface area contributed by atoms with Crippen molar-refractivity contribution in [3.63, 3.8) is 0 Å². The SMILES string of the molecule is CN1CCC2(CC(=O)NC(=O)C2c2ccc(Cl)cc2)C1. The predicted octanol–water partition coefficient (Wildman–Crippen LogP) is 1.79. The molecule has 20 heavy (non-hydrogen) atoms. The Morgan fingerprint density at radius 2 is 2.00 bits per heavy atom. The number of benzene rings is 1. The number of nitrogens with one attached hydrogen (secondary N) is 1. The van der Waals surface area contributed by atoms with Gasteiger partial charge in [-0.05, 0) is 37.7 Å². The van der Waals surface area contributed by atoms with Crippen LogP contribution in [0.15, 0.2) is 24.3 Å². The van der Waals surface area contributed by atoms with E-state index in [1.165, 1.54) is 0 Å². The van der Waals surface area contributed by atoms with Gasteiger partial charge in [0, 0.05) is 23.4 Å². The highest BCUT2D eigenvalue weighted by Crippen LogP contribution is 2.48. The number of halogens is 1. The van der Waals surface area contributed by atoms with Crippen LogP contribution >= 0.6 is 11.6 Å². The number of rotatable bonds is 1. The van der Waals surface area contributed by atoms with Gasteiger partial charge in [-0.1, -0.05) is 23.7 Å². The number of carbonyl (C=O) groups excluding carboxylic acids is 2. The summed E-state index contributed by atoms with van der Waals surface area (Å²) in [5.74, 6) is -0.614. The number of hydrogen-bond acceptors (Lipinski definition) is 3. The highest BCUT2D eigenvalue weighted by molar-refractivity contribution is 6.30. The van der Waals surface area contributed by atoms with Crippen LogP contribution in [0.3, 0.4) is 0 Å². The Morgan fingerprint density at radius 1 is 1.30 bits per heavy atom. The summed E-state index contributed by atoms with van der Waals surface area (Å²) in [5.41, 5.74) is 0.664. The summed E-state index contributed by atoms with van der Waals surface area (Å²) >= 11 is 5.92. The van der Waals surface area contributed by atoms with Gasteiger partial charge in [-0.15, -0.1) is 0 Å². The lowest BCUT2D eigenvalue weighted by Crippen LogP contribution is -2.51. The van der Waals surface area contributed by atoms with E-state index in [0.717, 1.165) is 25.1 Å². The zero-order valence-electron chi connectivity index (χ0n) is 11.4. The highest BCUT2D eigenvalue weighted by atomic mass is 35.5. The van der Waals surface area contributed by atoms with Crippen molar-refractivity contribution in [2.45, 2.75) is 18.8 Å². The van der Waals surface area contributed by atoms with Gasteiger partial charge >= 0.3 is 0 Å². The largest absolute Gasteiger partial charge is 0.306 e. The van der Waals surface area contributed by atoms with Crippen LogP contribution in [-0.2, 0) is 9.59 Å². The van der Waals surface area contributed by atoms with Crippen molar-refractivity contribution in [2.75, 3.05) is 20.1 Å². The summed E-state index contributed by atoms with van der Waals surface area (Å²) in [7, 11) is 2.03. The van der Waals surface area contributed by atoms with E-state index >= 15 is 0 Å². The van der Waals surface area contributed by atoms with Gasteiger partial charge in [0.2, 0.25) is 11.8 Å². The molecule has 0 bridgehead atoms. The second kappa shape index (κ2) is 4.86. The minimum absolute atomic E-state index is 0.157. The van der Waals surface area contributed by atoms with Crippen molar-refractivity contribution in [2.24, 2.45) is 5.41 Å². The summed E-state index contributed by atoms with van der Waals surface area (Å²) in [5, 5.41) is 3.13. The first-order valence-corrected chi connectivity index (χ1v) is 7.16. The molecule has 2 aliphatic rings. The Kier molecular flexibility index (Phi) is 3.30. The normalized spacial score (nSPS) is 30.8. The smallest absolute Gasteiger partial charge is 0.234 e. The number of piperidine rings is 1. The van der Waals surface area contributed by atoms with Crippen molar-refractivity contribution in [3.8, 4) is 0 Å². The second-order valence-electron chi connectivity index (χ2n) is 5.92. The maximum absolute atomic E-state index is 12.4. The molecule has 0 saturated carbocycles. The Morgan fingerprint density at radius 3 is 2.60 bits per heavy atom. The van der Waals surface area contributed by atoms with Crippen LogP contribution in [0.2, 0.25) is 5.02 Å². The molecule has 2 heterocycles. The van der Waals surface area contributed by atoms with Crippen LogP contribution in [0.1, 0.15) is 24.3 Å². The van der Waals surface area contributed by atoms with E-state index in [4.69, 9.17) is 11.6 Å². The van der Waals surface area contributed by atoms with Crippen molar-refractivity contribution >= 4 is 23.4 Å². The molecule has 2 fully saturated rings. The third kappa shape index (κ3) is 2.23. The van der Waals surface area contributed by atoms with Crippen LogP contribution in [0.4, 0.5) is 0 Å². The van der Waals surface area contributed by atoms with Crippen molar-refractivity contribution in [3.05, 3.63) is 34.9 Å². The third-order valence-corrected chi connectivity index (χ3v) is 4.68. The molecule has 2 aliphatic heterocycles. The average molecular weight is 293 g/mol. The van der Waals surface area contributed by atoms with Crippen LogP contribution in [0.25, 0.3) is 0 Å². The van der Waals surface area contributed by atoms with E-state index in [-0.39, 0.29) is 23.1 Å². The van der Waals surface area contributed by atoms with Gasteiger partial charge in [-0.2, -0.15) is 0 Å². The van der Waals surface area contributed by atoms with E-state index in [9.17, 15) is 9.59 Å². The van der Waals surface area contributed by atoms with Gasteiger partial charge < -0.3 is 4.90 Å². The van der Waals surface area contributed by atoms with Crippen LogP contribution in [0, 0.1) is 5.41 Å². The Hall–Kier alpha value is -1.39. The molecule has 0 aliphatic carbocycles. The van der Waals surface area contributed by atoms with E-state index in [1.54, 1.807) is 12.1 Å². The van der Waals surface area contributed by atoms with Gasteiger partial charge in [-0.3, -0.25) is 14.9 Å². The minimum Gasteiger partial charge on any atom is -0.306 e. The first-order chi connectivity index (χ1) is 9.50. The molecular formula is C15H17ClN2O2. The lowest BCUT2D eigenvalue weighted by molar-refractivity contribution is -0.139. The summed E-state index contributed by atoms with van der Waals surface area (Å²) in [6.07, 6.45) is 1.28. The Bertz CT molecular complexity index is 557. The van der Waals surface area contributed by atoms with E-state index in [2.05, 4.69) is 10.2 Å². The van der Waals surface area contributed by atoms with Crippen LogP contribution < -0.4 is 5.32 Å². The van der Waals surface area contributed by atoms with Gasteiger partial charge in [0.05, 0.1) is 5.92 Å². The minimum atomic E-state index is -0.276. The maximum Gasteiger partial charge on any atom is 0.234 e. The molecule has 1 N–H and O–H groups in total. The molecule has 4 nitrogen and oxygen atoms in total. The van der Waals surface area contributed by atoms with Gasteiger partial charge in [-0.25, -0.2) is 0 Å². The van der Waals surface area contributed by atoms with Crippen molar-refractivity contribution in [1.29, 1.82) is 0 Å². The Labute approximate surface area is 123 Å². The molecule has 2 unspecified atom stereocenters. The number of imide groups is 1. The average Bonchev–Trinajstić information content (AvgIpc) is 2.72. The van der Waals surface area contributed by atoms with Crippen LogP contribution in [-0.4, -0.2) is 36.9 Å². The standard InChI is InChI=1S/C15H17ClN2O2/c1-18-7-6-15(9-18)8-12(19)17-14(20)13(15)10-2-4-11(16)5-3-10/h2-5,13H,6-9H2,1H3,(H,17,19,20). The number of likely N-dealkylation sites (tertiary alicyclic amines) is 1. The number of hydrogen-bond donors (Lipinski definition) is 1. The number of amides is 2. The fourth-order valence-electron chi connectivity index (χ4n) is 3.60. The monoisotopic (exact) mass is 292 g/mol. The summed E-state index contributed by atoms with van der Waals surface area (Å²) in [4.78, 5) is 26.4. The molecule has 1 aromatic rings. The molecule has 0 aromatic heterocycles. The van der Waals surface area contributed by atoms with Crippen molar-refractivity contribution in [1.82, 2.24) is 10.2 Å². The zero-order valence-corrected chi connectivity index (χ0v) is 12.1. The fraction of sp³-hybridized carbons (Fsp3) is 0.467. The van der Waals surface area contributed by atoms with Gasteiger partial charge in [0.15, 0.2) is 0 Å². The number of carbonyl (C=O) groups is 2.